The second-order valence-electron chi connectivity index (χ2n) is 4.69. The minimum atomic E-state index is -4.27. The molecule has 0 aliphatic carbocycles. The van der Waals surface area contributed by atoms with Crippen molar-refractivity contribution < 1.29 is 13.2 Å². The van der Waals surface area contributed by atoms with Gasteiger partial charge in [0.25, 0.3) is 0 Å². The molecule has 2 N–H and O–H groups in total. The van der Waals surface area contributed by atoms with Gasteiger partial charge in [-0.25, -0.2) is 9.97 Å². The third kappa shape index (κ3) is 4.25. The number of alkyl halides is 3. The van der Waals surface area contributed by atoms with Gasteiger partial charge in [-0.05, 0) is 12.3 Å². The standard InChI is InChI=1S/C12H19F3N4/c1-4-5-19(6-12(13,14)15)11-9(8(2)3)10(16)17-7-18-11/h7-8H,4-6H2,1-3H3,(H2,16,17,18). The van der Waals surface area contributed by atoms with Gasteiger partial charge in [-0.1, -0.05) is 20.8 Å². The van der Waals surface area contributed by atoms with E-state index in [-0.39, 0.29) is 24.1 Å². The highest BCUT2D eigenvalue weighted by molar-refractivity contribution is 5.58. The second-order valence-corrected chi connectivity index (χ2v) is 4.69. The molecule has 108 valence electrons. The van der Waals surface area contributed by atoms with E-state index in [0.717, 1.165) is 0 Å². The molecule has 0 unspecified atom stereocenters. The van der Waals surface area contributed by atoms with Crippen molar-refractivity contribution in [1.29, 1.82) is 0 Å². The zero-order valence-corrected chi connectivity index (χ0v) is 11.3. The van der Waals surface area contributed by atoms with Gasteiger partial charge in [0, 0.05) is 12.1 Å². The van der Waals surface area contributed by atoms with Crippen LogP contribution in [0, 0.1) is 0 Å². The van der Waals surface area contributed by atoms with Crippen molar-refractivity contribution in [1.82, 2.24) is 9.97 Å². The van der Waals surface area contributed by atoms with Crippen LogP contribution in [-0.4, -0.2) is 29.2 Å². The van der Waals surface area contributed by atoms with Gasteiger partial charge >= 0.3 is 6.18 Å². The number of aromatic nitrogens is 2. The molecule has 0 saturated heterocycles. The van der Waals surface area contributed by atoms with Gasteiger partial charge in [0.15, 0.2) is 0 Å². The molecule has 1 aromatic rings. The Morgan fingerprint density at radius 2 is 1.95 bits per heavy atom. The Hall–Kier alpha value is -1.53. The summed E-state index contributed by atoms with van der Waals surface area (Å²) in [6.45, 7) is 4.78. The topological polar surface area (TPSA) is 55.0 Å². The maximum absolute atomic E-state index is 12.6. The fourth-order valence-electron chi connectivity index (χ4n) is 1.95. The molecule has 0 aliphatic heterocycles. The van der Waals surface area contributed by atoms with E-state index >= 15 is 0 Å². The molecular weight excluding hydrogens is 257 g/mol. The maximum atomic E-state index is 12.6. The lowest BCUT2D eigenvalue weighted by Gasteiger charge is -2.27. The van der Waals surface area contributed by atoms with Crippen LogP contribution in [0.4, 0.5) is 24.8 Å². The first-order valence-corrected chi connectivity index (χ1v) is 6.18. The Morgan fingerprint density at radius 1 is 1.32 bits per heavy atom. The van der Waals surface area contributed by atoms with E-state index < -0.39 is 12.7 Å². The average Bonchev–Trinajstić information content (AvgIpc) is 2.25. The number of rotatable bonds is 5. The molecule has 0 amide bonds. The molecule has 0 fully saturated rings. The Morgan fingerprint density at radius 3 is 2.42 bits per heavy atom. The Balaban J connectivity index is 3.18. The summed E-state index contributed by atoms with van der Waals surface area (Å²) in [4.78, 5) is 9.07. The van der Waals surface area contributed by atoms with Crippen molar-refractivity contribution in [2.75, 3.05) is 23.7 Å². The molecule has 19 heavy (non-hydrogen) atoms. The van der Waals surface area contributed by atoms with E-state index in [1.54, 1.807) is 0 Å². The Labute approximate surface area is 110 Å². The van der Waals surface area contributed by atoms with Crippen molar-refractivity contribution in [3.63, 3.8) is 0 Å². The highest BCUT2D eigenvalue weighted by Crippen LogP contribution is 2.31. The molecule has 1 heterocycles. The molecule has 0 radical (unpaired) electrons. The van der Waals surface area contributed by atoms with Crippen molar-refractivity contribution in [2.24, 2.45) is 0 Å². The first-order chi connectivity index (χ1) is 8.76. The van der Waals surface area contributed by atoms with Crippen molar-refractivity contribution >= 4 is 11.6 Å². The van der Waals surface area contributed by atoms with Gasteiger partial charge in [-0.2, -0.15) is 13.2 Å². The van der Waals surface area contributed by atoms with Crippen LogP contribution >= 0.6 is 0 Å². The third-order valence-corrected chi connectivity index (χ3v) is 2.63. The Kier molecular flexibility index (Phi) is 4.97. The average molecular weight is 276 g/mol. The van der Waals surface area contributed by atoms with E-state index in [1.807, 2.05) is 20.8 Å². The molecule has 0 aromatic carbocycles. The van der Waals surface area contributed by atoms with Crippen LogP contribution in [-0.2, 0) is 0 Å². The van der Waals surface area contributed by atoms with Gasteiger partial charge in [0.05, 0.1) is 0 Å². The largest absolute Gasteiger partial charge is 0.405 e. The fourth-order valence-corrected chi connectivity index (χ4v) is 1.95. The highest BCUT2D eigenvalue weighted by atomic mass is 19.4. The highest BCUT2D eigenvalue weighted by Gasteiger charge is 2.32. The minimum absolute atomic E-state index is 0.0382. The second kappa shape index (κ2) is 6.08. The number of hydrogen-bond donors (Lipinski definition) is 1. The van der Waals surface area contributed by atoms with E-state index in [1.165, 1.54) is 11.2 Å². The van der Waals surface area contributed by atoms with Crippen molar-refractivity contribution in [3.05, 3.63) is 11.9 Å². The van der Waals surface area contributed by atoms with Crippen LogP contribution < -0.4 is 10.6 Å². The molecule has 1 rings (SSSR count). The number of nitrogens with two attached hydrogens (primary N) is 1. The summed E-state index contributed by atoms with van der Waals surface area (Å²) in [6.07, 6.45) is -2.48. The first-order valence-electron chi connectivity index (χ1n) is 6.18. The molecule has 0 spiro atoms. The summed E-state index contributed by atoms with van der Waals surface area (Å²) in [7, 11) is 0. The molecule has 1 aromatic heterocycles. The molecule has 0 aliphatic rings. The van der Waals surface area contributed by atoms with Crippen LogP contribution in [0.5, 0.6) is 0 Å². The van der Waals surface area contributed by atoms with Crippen LogP contribution in [0.3, 0.4) is 0 Å². The lowest BCUT2D eigenvalue weighted by atomic mass is 10.0. The predicted octanol–water partition coefficient (Wildman–Crippen LogP) is 2.96. The fraction of sp³-hybridized carbons (Fsp3) is 0.667. The van der Waals surface area contributed by atoms with Gasteiger partial charge in [-0.15, -0.1) is 0 Å². The Bertz CT molecular complexity index is 418. The van der Waals surface area contributed by atoms with Crippen LogP contribution in [0.2, 0.25) is 0 Å². The van der Waals surface area contributed by atoms with E-state index in [4.69, 9.17) is 5.73 Å². The monoisotopic (exact) mass is 276 g/mol. The van der Waals surface area contributed by atoms with Crippen molar-refractivity contribution in [2.45, 2.75) is 39.3 Å². The molecule has 7 heteroatoms. The maximum Gasteiger partial charge on any atom is 0.405 e. The summed E-state index contributed by atoms with van der Waals surface area (Å²) in [5.41, 5.74) is 6.33. The number of anilines is 2. The number of halogens is 3. The zero-order chi connectivity index (χ0) is 14.6. The van der Waals surface area contributed by atoms with Gasteiger partial charge in [0.2, 0.25) is 0 Å². The normalized spacial score (nSPS) is 11.9. The van der Waals surface area contributed by atoms with Gasteiger partial charge < -0.3 is 10.6 Å². The molecule has 4 nitrogen and oxygen atoms in total. The number of nitrogen functional groups attached to an aromatic ring is 1. The van der Waals surface area contributed by atoms with Gasteiger partial charge in [0.1, 0.15) is 24.5 Å². The van der Waals surface area contributed by atoms with Gasteiger partial charge in [-0.3, -0.25) is 0 Å². The lowest BCUT2D eigenvalue weighted by Crippen LogP contribution is -2.36. The summed E-state index contributed by atoms with van der Waals surface area (Å²) >= 11 is 0. The predicted molar refractivity (Wildman–Crippen MR) is 69.1 cm³/mol. The van der Waals surface area contributed by atoms with E-state index in [9.17, 15) is 13.2 Å². The van der Waals surface area contributed by atoms with Crippen LogP contribution in [0.25, 0.3) is 0 Å². The summed E-state index contributed by atoms with van der Waals surface area (Å²) in [5, 5.41) is 0. The summed E-state index contributed by atoms with van der Waals surface area (Å²) in [5.74, 6) is 0.480. The number of nitrogens with zero attached hydrogens (tertiary/aromatic N) is 3. The van der Waals surface area contributed by atoms with Crippen LogP contribution in [0.15, 0.2) is 6.33 Å². The van der Waals surface area contributed by atoms with Crippen molar-refractivity contribution in [3.8, 4) is 0 Å². The SMILES string of the molecule is CCCN(CC(F)(F)F)c1ncnc(N)c1C(C)C. The van der Waals surface area contributed by atoms with E-state index in [2.05, 4.69) is 9.97 Å². The lowest BCUT2D eigenvalue weighted by molar-refractivity contribution is -0.119. The quantitative estimate of drug-likeness (QED) is 0.898. The molecular formula is C12H19F3N4. The number of hydrogen-bond acceptors (Lipinski definition) is 4. The minimum Gasteiger partial charge on any atom is -0.383 e. The molecule has 0 saturated carbocycles. The zero-order valence-electron chi connectivity index (χ0n) is 11.3. The summed E-state index contributed by atoms with van der Waals surface area (Å²) in [6, 6.07) is 0. The summed E-state index contributed by atoms with van der Waals surface area (Å²) < 4.78 is 37.9. The molecule has 0 bridgehead atoms. The smallest absolute Gasteiger partial charge is 0.383 e. The van der Waals surface area contributed by atoms with E-state index in [0.29, 0.717) is 12.0 Å². The third-order valence-electron chi connectivity index (χ3n) is 2.63. The molecule has 0 atom stereocenters. The first kappa shape index (κ1) is 15.5. The van der Waals surface area contributed by atoms with Crippen LogP contribution in [0.1, 0.15) is 38.7 Å².